The molecule has 35 heavy (non-hydrogen) atoms. The molecule has 194 valence electrons. The van der Waals surface area contributed by atoms with E-state index in [2.05, 4.69) is 10.1 Å². The highest BCUT2D eigenvalue weighted by Crippen LogP contribution is 2.38. The second-order valence-corrected chi connectivity index (χ2v) is 9.87. The van der Waals surface area contributed by atoms with E-state index in [4.69, 9.17) is 4.74 Å². The molecule has 2 N–H and O–H groups in total. The Labute approximate surface area is 204 Å². The highest BCUT2D eigenvalue weighted by Gasteiger charge is 2.37. The SMILES string of the molecule is CC(=O)N1CC(c2ccc(OC(F)F)c(OCC3CC3)c2)C[C@@H]1CNC(=O)[C@@H]1CCCN1C(C)O. The fraction of sp³-hybridized carbons (Fsp3) is 0.680. The van der Waals surface area contributed by atoms with Gasteiger partial charge in [-0.25, -0.2) is 0 Å². The summed E-state index contributed by atoms with van der Waals surface area (Å²) in [6, 6.07) is 4.43. The zero-order valence-electron chi connectivity index (χ0n) is 20.3. The number of hydrogen-bond acceptors (Lipinski definition) is 6. The summed E-state index contributed by atoms with van der Waals surface area (Å²) in [5.41, 5.74) is 0.883. The van der Waals surface area contributed by atoms with Gasteiger partial charge in [0.25, 0.3) is 0 Å². The van der Waals surface area contributed by atoms with Crippen LogP contribution in [0.2, 0.25) is 0 Å². The monoisotopic (exact) mass is 495 g/mol. The molecule has 10 heteroatoms. The lowest BCUT2D eigenvalue weighted by molar-refractivity contribution is -0.132. The highest BCUT2D eigenvalue weighted by atomic mass is 19.3. The number of alkyl halides is 2. The number of benzene rings is 1. The van der Waals surface area contributed by atoms with Gasteiger partial charge in [0.15, 0.2) is 11.5 Å². The van der Waals surface area contributed by atoms with E-state index in [0.29, 0.717) is 50.8 Å². The first-order valence-corrected chi connectivity index (χ1v) is 12.4. The smallest absolute Gasteiger partial charge is 0.387 e. The van der Waals surface area contributed by atoms with Crippen molar-refractivity contribution in [3.8, 4) is 11.5 Å². The maximum Gasteiger partial charge on any atom is 0.387 e. The van der Waals surface area contributed by atoms with Gasteiger partial charge in [0, 0.05) is 38.5 Å². The number of ether oxygens (including phenoxy) is 2. The summed E-state index contributed by atoms with van der Waals surface area (Å²) in [5.74, 6) is 0.510. The van der Waals surface area contributed by atoms with Crippen LogP contribution in [0.25, 0.3) is 0 Å². The Morgan fingerprint density at radius 1 is 1.23 bits per heavy atom. The maximum atomic E-state index is 12.9. The molecule has 0 spiro atoms. The second kappa shape index (κ2) is 11.1. The third-order valence-electron chi connectivity index (χ3n) is 7.23. The number of aliphatic hydroxyl groups excluding tert-OH is 1. The van der Waals surface area contributed by atoms with E-state index < -0.39 is 12.8 Å². The Kier molecular flexibility index (Phi) is 8.11. The molecule has 2 amide bonds. The van der Waals surface area contributed by atoms with E-state index in [9.17, 15) is 23.5 Å². The third-order valence-corrected chi connectivity index (χ3v) is 7.23. The second-order valence-electron chi connectivity index (χ2n) is 9.87. The lowest BCUT2D eigenvalue weighted by atomic mass is 9.96. The lowest BCUT2D eigenvalue weighted by Gasteiger charge is -2.28. The molecule has 2 aliphatic heterocycles. The van der Waals surface area contributed by atoms with Crippen LogP contribution in [0.1, 0.15) is 57.4 Å². The van der Waals surface area contributed by atoms with Gasteiger partial charge in [0.1, 0.15) is 6.23 Å². The fourth-order valence-corrected chi connectivity index (χ4v) is 5.17. The van der Waals surface area contributed by atoms with Crippen molar-refractivity contribution in [1.29, 1.82) is 0 Å². The molecule has 1 aromatic carbocycles. The molecule has 1 aliphatic carbocycles. The molecule has 4 atom stereocenters. The van der Waals surface area contributed by atoms with Crippen LogP contribution in [0.5, 0.6) is 11.5 Å². The number of carbonyl (C=O) groups excluding carboxylic acids is 2. The maximum absolute atomic E-state index is 12.9. The first-order chi connectivity index (χ1) is 16.7. The minimum Gasteiger partial charge on any atom is -0.489 e. The average Bonchev–Trinajstić information content (AvgIpc) is 3.31. The molecule has 0 bridgehead atoms. The van der Waals surface area contributed by atoms with Crippen molar-refractivity contribution in [3.05, 3.63) is 23.8 Å². The minimum absolute atomic E-state index is 0.00821. The van der Waals surface area contributed by atoms with Gasteiger partial charge >= 0.3 is 6.61 Å². The number of carbonyl (C=O) groups is 2. The predicted octanol–water partition coefficient (Wildman–Crippen LogP) is 2.70. The Morgan fingerprint density at radius 2 is 2.00 bits per heavy atom. The Balaban J connectivity index is 1.42. The summed E-state index contributed by atoms with van der Waals surface area (Å²) >= 11 is 0. The van der Waals surface area contributed by atoms with Gasteiger partial charge in [0.2, 0.25) is 11.8 Å². The molecule has 4 rings (SSSR count). The molecular weight excluding hydrogens is 460 g/mol. The largest absolute Gasteiger partial charge is 0.489 e. The van der Waals surface area contributed by atoms with E-state index in [0.717, 1.165) is 24.8 Å². The molecule has 1 saturated carbocycles. The molecule has 1 aromatic rings. The molecule has 3 aliphatic rings. The van der Waals surface area contributed by atoms with E-state index in [1.54, 1.807) is 28.9 Å². The van der Waals surface area contributed by atoms with Crippen LogP contribution in [0, 0.1) is 5.92 Å². The van der Waals surface area contributed by atoms with Gasteiger partial charge in [-0.2, -0.15) is 8.78 Å². The summed E-state index contributed by atoms with van der Waals surface area (Å²) < 4.78 is 36.2. The van der Waals surface area contributed by atoms with Crippen LogP contribution < -0.4 is 14.8 Å². The molecule has 0 aromatic heterocycles. The van der Waals surface area contributed by atoms with Crippen molar-refractivity contribution in [2.75, 3.05) is 26.2 Å². The van der Waals surface area contributed by atoms with Gasteiger partial charge in [-0.05, 0) is 62.6 Å². The van der Waals surface area contributed by atoms with Crippen molar-refractivity contribution in [1.82, 2.24) is 15.1 Å². The summed E-state index contributed by atoms with van der Waals surface area (Å²) in [7, 11) is 0. The standard InChI is InChI=1S/C25H35F2N3O5/c1-15(31)29-9-3-4-21(29)24(33)28-12-20-10-19(13-30(20)16(2)32)18-7-8-22(35-25(26)27)23(11-18)34-14-17-5-6-17/h7-8,11,15,17,19-21,25,31H,3-6,9-10,12-14H2,1-2H3,(H,28,33)/t15?,19?,20-,21+/m1/s1. The quantitative estimate of drug-likeness (QED) is 0.519. The first-order valence-electron chi connectivity index (χ1n) is 12.4. The average molecular weight is 496 g/mol. The van der Waals surface area contributed by atoms with E-state index in [1.807, 2.05) is 0 Å². The van der Waals surface area contributed by atoms with Crippen molar-refractivity contribution in [3.63, 3.8) is 0 Å². The minimum atomic E-state index is -2.94. The van der Waals surface area contributed by atoms with Crippen molar-refractivity contribution in [2.45, 2.75) is 76.8 Å². The van der Waals surface area contributed by atoms with Crippen LogP contribution >= 0.6 is 0 Å². The van der Waals surface area contributed by atoms with Crippen LogP contribution in [-0.2, 0) is 9.59 Å². The topological polar surface area (TPSA) is 91.3 Å². The summed E-state index contributed by atoms with van der Waals surface area (Å²) in [6.07, 6.45) is 3.63. The highest BCUT2D eigenvalue weighted by molar-refractivity contribution is 5.82. The molecule has 2 heterocycles. The zero-order valence-corrected chi connectivity index (χ0v) is 20.3. The Bertz CT molecular complexity index is 911. The van der Waals surface area contributed by atoms with E-state index in [1.165, 1.54) is 13.0 Å². The number of rotatable bonds is 10. The third kappa shape index (κ3) is 6.41. The molecule has 8 nitrogen and oxygen atoms in total. The van der Waals surface area contributed by atoms with Crippen LogP contribution in [0.3, 0.4) is 0 Å². The van der Waals surface area contributed by atoms with Gasteiger partial charge in [-0.3, -0.25) is 14.5 Å². The van der Waals surface area contributed by atoms with E-state index in [-0.39, 0.29) is 35.6 Å². The zero-order chi connectivity index (χ0) is 25.1. The molecule has 2 saturated heterocycles. The summed E-state index contributed by atoms with van der Waals surface area (Å²) in [6.45, 7) is 2.15. The predicted molar refractivity (Wildman–Crippen MR) is 124 cm³/mol. The summed E-state index contributed by atoms with van der Waals surface area (Å²) in [4.78, 5) is 28.7. The molecule has 3 fully saturated rings. The fourth-order valence-electron chi connectivity index (χ4n) is 5.17. The number of nitrogens with one attached hydrogen (secondary N) is 1. The van der Waals surface area contributed by atoms with Crippen LogP contribution in [-0.4, -0.2) is 77.9 Å². The number of aliphatic hydroxyl groups is 1. The van der Waals surface area contributed by atoms with Gasteiger partial charge in [-0.1, -0.05) is 6.07 Å². The van der Waals surface area contributed by atoms with Gasteiger partial charge < -0.3 is 24.8 Å². The lowest BCUT2D eigenvalue weighted by Crippen LogP contribution is -2.50. The Morgan fingerprint density at radius 3 is 2.66 bits per heavy atom. The Hall–Kier alpha value is -2.46. The van der Waals surface area contributed by atoms with Gasteiger partial charge in [-0.15, -0.1) is 0 Å². The normalized spacial score (nSPS) is 25.7. The van der Waals surface area contributed by atoms with Crippen LogP contribution in [0.4, 0.5) is 8.78 Å². The molecular formula is C25H35F2N3O5. The first kappa shape index (κ1) is 25.6. The van der Waals surface area contributed by atoms with Crippen molar-refractivity contribution < 1.29 is 33.0 Å². The molecule has 0 radical (unpaired) electrons. The number of amides is 2. The number of hydrogen-bond donors (Lipinski definition) is 2. The summed E-state index contributed by atoms with van der Waals surface area (Å²) in [5, 5.41) is 12.9. The van der Waals surface area contributed by atoms with Gasteiger partial charge in [0.05, 0.1) is 12.6 Å². The number of nitrogens with zero attached hydrogens (tertiary/aromatic N) is 2. The van der Waals surface area contributed by atoms with E-state index >= 15 is 0 Å². The van der Waals surface area contributed by atoms with Crippen molar-refractivity contribution in [2.24, 2.45) is 5.92 Å². The van der Waals surface area contributed by atoms with Crippen molar-refractivity contribution >= 4 is 11.8 Å². The number of likely N-dealkylation sites (tertiary alicyclic amines) is 2. The molecule has 2 unspecified atom stereocenters. The van der Waals surface area contributed by atoms with Crippen LogP contribution in [0.15, 0.2) is 18.2 Å². The number of halogens is 2.